The third kappa shape index (κ3) is 3.47. The Kier molecular flexibility index (Phi) is 4.63. The van der Waals surface area contributed by atoms with Gasteiger partial charge in [0, 0.05) is 35.3 Å². The molecule has 0 aliphatic heterocycles. The number of hydrogen-bond donors (Lipinski definition) is 3. The maximum Gasteiger partial charge on any atom is 0.130 e. The summed E-state index contributed by atoms with van der Waals surface area (Å²) in [5, 5.41) is 10.9. The van der Waals surface area contributed by atoms with Crippen LogP contribution in [0.15, 0.2) is 54.6 Å². The number of nitrogens with zero attached hydrogens (tertiary/aromatic N) is 2. The number of nitrogens with two attached hydrogens (primary N) is 1. The molecule has 4 N–H and O–H groups in total. The first-order valence-electron chi connectivity index (χ1n) is 7.71. The Labute approximate surface area is 141 Å². The van der Waals surface area contributed by atoms with Crippen molar-refractivity contribution in [3.8, 4) is 11.3 Å². The molecule has 0 amide bonds. The minimum Gasteiger partial charge on any atom is -0.340 e. The molecular formula is C19H19N5. The van der Waals surface area contributed by atoms with Crippen molar-refractivity contribution in [3.63, 3.8) is 0 Å². The van der Waals surface area contributed by atoms with Gasteiger partial charge >= 0.3 is 0 Å². The zero-order chi connectivity index (χ0) is 16.9. The van der Waals surface area contributed by atoms with Gasteiger partial charge in [0.2, 0.25) is 0 Å². The summed E-state index contributed by atoms with van der Waals surface area (Å²) in [6.07, 6.45) is 1.33. The summed E-state index contributed by atoms with van der Waals surface area (Å²) in [7, 11) is 0. The number of rotatable bonds is 5. The van der Waals surface area contributed by atoms with E-state index in [9.17, 15) is 0 Å². The average Bonchev–Trinajstić information content (AvgIpc) is 2.62. The SMILES string of the molecule is Cc1cccc(Nc2cc(-c3cccc(CN)n3)ccc2C=N)n1. The lowest BCUT2D eigenvalue weighted by atomic mass is 10.1. The van der Waals surface area contributed by atoms with E-state index >= 15 is 0 Å². The second-order valence-corrected chi connectivity index (χ2v) is 5.45. The number of pyridine rings is 2. The molecule has 24 heavy (non-hydrogen) atoms. The van der Waals surface area contributed by atoms with E-state index in [4.69, 9.17) is 11.1 Å². The van der Waals surface area contributed by atoms with Crippen LogP contribution in [0.25, 0.3) is 11.3 Å². The molecule has 120 valence electrons. The van der Waals surface area contributed by atoms with E-state index in [0.29, 0.717) is 6.54 Å². The van der Waals surface area contributed by atoms with E-state index in [-0.39, 0.29) is 0 Å². The van der Waals surface area contributed by atoms with Crippen LogP contribution < -0.4 is 11.1 Å². The Morgan fingerprint density at radius 1 is 1.08 bits per heavy atom. The van der Waals surface area contributed by atoms with Crippen molar-refractivity contribution in [1.82, 2.24) is 9.97 Å². The fourth-order valence-corrected chi connectivity index (χ4v) is 2.45. The number of anilines is 2. The highest BCUT2D eigenvalue weighted by Gasteiger charge is 2.07. The average molecular weight is 317 g/mol. The van der Waals surface area contributed by atoms with Crippen molar-refractivity contribution >= 4 is 17.7 Å². The molecule has 0 saturated carbocycles. The smallest absolute Gasteiger partial charge is 0.130 e. The highest BCUT2D eigenvalue weighted by atomic mass is 15.0. The first-order chi connectivity index (χ1) is 11.7. The number of benzene rings is 1. The molecule has 0 saturated heterocycles. The fraction of sp³-hybridized carbons (Fsp3) is 0.105. The standard InChI is InChI=1S/C19H19N5/c1-13-4-2-7-19(22-13)24-18-10-14(8-9-15(18)11-20)17-6-3-5-16(12-21)23-17/h2-11,20H,12,21H2,1H3,(H,22,24). The van der Waals surface area contributed by atoms with E-state index in [2.05, 4.69) is 15.3 Å². The lowest BCUT2D eigenvalue weighted by Gasteiger charge is -2.12. The Morgan fingerprint density at radius 3 is 2.67 bits per heavy atom. The Morgan fingerprint density at radius 2 is 1.92 bits per heavy atom. The van der Waals surface area contributed by atoms with Gasteiger partial charge in [-0.25, -0.2) is 4.98 Å². The predicted octanol–water partition coefficient (Wildman–Crippen LogP) is 3.65. The van der Waals surface area contributed by atoms with Crippen LogP contribution in [0.1, 0.15) is 17.0 Å². The quantitative estimate of drug-likeness (QED) is 0.627. The molecule has 5 heteroatoms. The lowest BCUT2D eigenvalue weighted by Crippen LogP contribution is -2.01. The zero-order valence-corrected chi connectivity index (χ0v) is 13.5. The molecule has 1 aromatic carbocycles. The molecule has 5 nitrogen and oxygen atoms in total. The largest absolute Gasteiger partial charge is 0.340 e. The van der Waals surface area contributed by atoms with E-state index in [1.54, 1.807) is 0 Å². The summed E-state index contributed by atoms with van der Waals surface area (Å²) in [5.74, 6) is 0.749. The first-order valence-corrected chi connectivity index (χ1v) is 7.71. The van der Waals surface area contributed by atoms with Crippen molar-refractivity contribution in [2.75, 3.05) is 5.32 Å². The fourth-order valence-electron chi connectivity index (χ4n) is 2.45. The van der Waals surface area contributed by atoms with Gasteiger partial charge in [0.05, 0.1) is 11.4 Å². The van der Waals surface area contributed by atoms with E-state index in [0.717, 1.165) is 39.7 Å². The summed E-state index contributed by atoms with van der Waals surface area (Å²) in [6.45, 7) is 2.35. The van der Waals surface area contributed by atoms with Crippen LogP contribution in [-0.4, -0.2) is 16.2 Å². The molecule has 0 bridgehead atoms. The Bertz CT molecular complexity index is 873. The van der Waals surface area contributed by atoms with Gasteiger partial charge in [-0.1, -0.05) is 24.3 Å². The van der Waals surface area contributed by atoms with E-state index < -0.39 is 0 Å². The molecule has 0 atom stereocenters. The molecule has 0 spiro atoms. The van der Waals surface area contributed by atoms with Crippen molar-refractivity contribution in [3.05, 3.63) is 71.5 Å². The van der Waals surface area contributed by atoms with Gasteiger partial charge in [0.1, 0.15) is 5.82 Å². The van der Waals surface area contributed by atoms with E-state index in [1.807, 2.05) is 61.5 Å². The molecule has 0 aliphatic carbocycles. The maximum atomic E-state index is 7.61. The highest BCUT2D eigenvalue weighted by Crippen LogP contribution is 2.26. The van der Waals surface area contributed by atoms with Crippen molar-refractivity contribution in [2.24, 2.45) is 5.73 Å². The summed E-state index contributed by atoms with van der Waals surface area (Å²) >= 11 is 0. The van der Waals surface area contributed by atoms with Gasteiger partial charge in [-0.05, 0) is 37.3 Å². The molecule has 0 radical (unpaired) electrons. The van der Waals surface area contributed by atoms with E-state index in [1.165, 1.54) is 6.21 Å². The van der Waals surface area contributed by atoms with Gasteiger partial charge in [0.15, 0.2) is 0 Å². The lowest BCUT2D eigenvalue weighted by molar-refractivity contribution is 0.994. The van der Waals surface area contributed by atoms with Crippen LogP contribution >= 0.6 is 0 Å². The van der Waals surface area contributed by atoms with Crippen molar-refractivity contribution in [2.45, 2.75) is 13.5 Å². The molecule has 0 aliphatic rings. The predicted molar refractivity (Wildman–Crippen MR) is 97.7 cm³/mol. The van der Waals surface area contributed by atoms with Gasteiger partial charge in [-0.3, -0.25) is 4.98 Å². The molecule has 3 rings (SSSR count). The minimum atomic E-state index is 0.407. The zero-order valence-electron chi connectivity index (χ0n) is 13.5. The first kappa shape index (κ1) is 15.8. The summed E-state index contributed by atoms with van der Waals surface area (Å²) in [5.41, 5.74) is 10.9. The topological polar surface area (TPSA) is 87.7 Å². The summed E-state index contributed by atoms with van der Waals surface area (Å²) < 4.78 is 0. The van der Waals surface area contributed by atoms with Crippen LogP contribution in [-0.2, 0) is 6.54 Å². The van der Waals surface area contributed by atoms with Gasteiger partial charge in [-0.2, -0.15) is 0 Å². The molecule has 0 unspecified atom stereocenters. The normalized spacial score (nSPS) is 10.4. The monoisotopic (exact) mass is 317 g/mol. The highest BCUT2D eigenvalue weighted by molar-refractivity contribution is 5.89. The van der Waals surface area contributed by atoms with Gasteiger partial charge < -0.3 is 16.5 Å². The minimum absolute atomic E-state index is 0.407. The third-order valence-corrected chi connectivity index (χ3v) is 3.67. The van der Waals surface area contributed by atoms with Crippen LogP contribution in [0.2, 0.25) is 0 Å². The van der Waals surface area contributed by atoms with Gasteiger partial charge in [-0.15, -0.1) is 0 Å². The molecule has 0 fully saturated rings. The number of hydrogen-bond acceptors (Lipinski definition) is 5. The van der Waals surface area contributed by atoms with Crippen LogP contribution in [0.3, 0.4) is 0 Å². The number of aromatic nitrogens is 2. The third-order valence-electron chi connectivity index (χ3n) is 3.67. The molecule has 3 aromatic rings. The molecule has 2 aromatic heterocycles. The number of nitrogens with one attached hydrogen (secondary N) is 2. The van der Waals surface area contributed by atoms with Gasteiger partial charge in [0.25, 0.3) is 0 Å². The molecule has 2 heterocycles. The van der Waals surface area contributed by atoms with Crippen LogP contribution in [0.5, 0.6) is 0 Å². The maximum absolute atomic E-state index is 7.61. The van der Waals surface area contributed by atoms with Crippen LogP contribution in [0.4, 0.5) is 11.5 Å². The van der Waals surface area contributed by atoms with Crippen LogP contribution in [0, 0.1) is 12.3 Å². The molecular weight excluding hydrogens is 298 g/mol. The Hall–Kier alpha value is -3.05. The summed E-state index contributed by atoms with van der Waals surface area (Å²) in [6, 6.07) is 17.4. The summed E-state index contributed by atoms with van der Waals surface area (Å²) in [4.78, 5) is 9.01. The van der Waals surface area contributed by atoms with Crippen molar-refractivity contribution < 1.29 is 0 Å². The number of aryl methyl sites for hydroxylation is 1. The Balaban J connectivity index is 2.00. The second kappa shape index (κ2) is 7.02. The van der Waals surface area contributed by atoms with Crippen molar-refractivity contribution in [1.29, 1.82) is 5.41 Å². The second-order valence-electron chi connectivity index (χ2n) is 5.45.